The lowest BCUT2D eigenvalue weighted by Gasteiger charge is -2.32. The van der Waals surface area contributed by atoms with Gasteiger partial charge in [-0.2, -0.15) is 13.2 Å². The summed E-state index contributed by atoms with van der Waals surface area (Å²) in [6.07, 6.45) is -0.946. The van der Waals surface area contributed by atoms with Gasteiger partial charge in [-0.1, -0.05) is 42.1 Å². The van der Waals surface area contributed by atoms with Crippen LogP contribution in [0, 0.1) is 5.92 Å². The highest BCUT2D eigenvalue weighted by molar-refractivity contribution is 7.99. The predicted octanol–water partition coefficient (Wildman–Crippen LogP) is 7.30. The van der Waals surface area contributed by atoms with Crippen LogP contribution in [0.3, 0.4) is 0 Å². The van der Waals surface area contributed by atoms with Crippen molar-refractivity contribution in [1.82, 2.24) is 9.88 Å². The maximum atomic E-state index is 13.4. The van der Waals surface area contributed by atoms with Gasteiger partial charge in [0, 0.05) is 29.7 Å². The summed E-state index contributed by atoms with van der Waals surface area (Å²) in [5, 5.41) is 13.1. The molecule has 2 N–H and O–H groups in total. The van der Waals surface area contributed by atoms with E-state index in [1.165, 1.54) is 36.2 Å². The molecule has 3 aromatic carbocycles. The number of nitrogens with zero attached hydrogens (tertiary/aromatic N) is 2. The summed E-state index contributed by atoms with van der Waals surface area (Å²) in [5.74, 6) is -0.357. The first kappa shape index (κ1) is 29.2. The highest BCUT2D eigenvalue weighted by Crippen LogP contribution is 2.34. The highest BCUT2D eigenvalue weighted by atomic mass is 32.2. The van der Waals surface area contributed by atoms with Gasteiger partial charge in [0.1, 0.15) is 10.8 Å². The molecule has 0 radical (unpaired) electrons. The first-order valence-electron chi connectivity index (χ1n) is 13.4. The fourth-order valence-corrected chi connectivity index (χ4v) is 5.84. The Balaban J connectivity index is 1.20. The number of carbonyl (C=O) groups excluding carboxylic acids is 2. The summed E-state index contributed by atoms with van der Waals surface area (Å²) in [4.78, 5) is 32.8. The smallest absolute Gasteiger partial charge is 0.416 e. The molecule has 1 aliphatic heterocycles. The molecule has 4 aromatic rings. The minimum atomic E-state index is -4.42. The molecule has 0 unspecified atom stereocenters. The maximum absolute atomic E-state index is 13.4. The van der Waals surface area contributed by atoms with E-state index < -0.39 is 11.7 Å². The van der Waals surface area contributed by atoms with Crippen LogP contribution in [-0.2, 0) is 12.6 Å². The molecule has 1 aliphatic rings. The van der Waals surface area contributed by atoms with Gasteiger partial charge in [-0.3, -0.25) is 9.59 Å². The quantitative estimate of drug-likeness (QED) is 0.220. The molecule has 1 saturated heterocycles. The van der Waals surface area contributed by atoms with E-state index in [1.54, 1.807) is 29.2 Å². The highest BCUT2D eigenvalue weighted by Gasteiger charge is 2.31. The SMILES string of the molecule is O=C(Nc1ccc(O)cc1C(=O)N1CCC(Cc2cccc(Sc3cc(C(F)(F)F)ccn3)c2)CC1)c1ccccc1. The van der Waals surface area contributed by atoms with Crippen LogP contribution in [0.2, 0.25) is 0 Å². The Morgan fingerprint density at radius 2 is 1.71 bits per heavy atom. The third-order valence-electron chi connectivity index (χ3n) is 7.13. The molecule has 1 aromatic heterocycles. The largest absolute Gasteiger partial charge is 0.508 e. The lowest BCUT2D eigenvalue weighted by atomic mass is 9.90. The topological polar surface area (TPSA) is 82.5 Å². The Bertz CT molecular complexity index is 1570. The van der Waals surface area contributed by atoms with Crippen LogP contribution in [0.25, 0.3) is 0 Å². The molecule has 1 fully saturated rings. The first-order valence-corrected chi connectivity index (χ1v) is 14.3. The third-order valence-corrected chi connectivity index (χ3v) is 8.05. The number of aromatic hydroxyl groups is 1. The zero-order valence-corrected chi connectivity index (χ0v) is 23.3. The number of phenols is 1. The maximum Gasteiger partial charge on any atom is 0.416 e. The van der Waals surface area contributed by atoms with Gasteiger partial charge < -0.3 is 15.3 Å². The Morgan fingerprint density at radius 3 is 2.45 bits per heavy atom. The molecule has 10 heteroatoms. The van der Waals surface area contributed by atoms with Crippen LogP contribution in [0.15, 0.2) is 101 Å². The van der Waals surface area contributed by atoms with Gasteiger partial charge in [0.05, 0.1) is 16.8 Å². The number of anilines is 1. The fourth-order valence-electron chi connectivity index (χ4n) is 4.94. The van der Waals surface area contributed by atoms with Crippen molar-refractivity contribution >= 4 is 29.3 Å². The van der Waals surface area contributed by atoms with Crippen LogP contribution < -0.4 is 5.32 Å². The molecule has 2 heterocycles. The van der Waals surface area contributed by atoms with Crippen molar-refractivity contribution in [3.05, 3.63) is 113 Å². The van der Waals surface area contributed by atoms with Crippen molar-refractivity contribution in [1.29, 1.82) is 0 Å². The van der Waals surface area contributed by atoms with Crippen molar-refractivity contribution in [2.75, 3.05) is 18.4 Å². The molecule has 216 valence electrons. The Labute approximate surface area is 245 Å². The van der Waals surface area contributed by atoms with Gasteiger partial charge in [0.2, 0.25) is 0 Å². The Kier molecular flexibility index (Phi) is 8.82. The van der Waals surface area contributed by atoms with E-state index >= 15 is 0 Å². The number of benzene rings is 3. The normalized spacial score (nSPS) is 14.0. The van der Waals surface area contributed by atoms with Gasteiger partial charge in [-0.25, -0.2) is 4.98 Å². The number of pyridine rings is 1. The minimum Gasteiger partial charge on any atom is -0.508 e. The van der Waals surface area contributed by atoms with Crippen molar-refractivity contribution < 1.29 is 27.9 Å². The van der Waals surface area contributed by atoms with Gasteiger partial charge in [-0.05, 0) is 85.3 Å². The van der Waals surface area contributed by atoms with Crippen LogP contribution in [-0.4, -0.2) is 39.9 Å². The summed E-state index contributed by atoms with van der Waals surface area (Å²) < 4.78 is 39.2. The molecular weight excluding hydrogens is 563 g/mol. The molecular formula is C32H28F3N3O3S. The van der Waals surface area contributed by atoms with E-state index in [4.69, 9.17) is 0 Å². The number of amides is 2. The van der Waals surface area contributed by atoms with Crippen LogP contribution in [0.1, 0.15) is 44.7 Å². The zero-order valence-electron chi connectivity index (χ0n) is 22.5. The number of nitrogens with one attached hydrogen (secondary N) is 1. The number of rotatable bonds is 7. The lowest BCUT2D eigenvalue weighted by molar-refractivity contribution is -0.137. The molecule has 0 saturated carbocycles. The van der Waals surface area contributed by atoms with Crippen molar-refractivity contribution in [2.24, 2.45) is 5.92 Å². The zero-order chi connectivity index (χ0) is 29.7. The fraction of sp³-hybridized carbons (Fsp3) is 0.219. The number of hydrogen-bond acceptors (Lipinski definition) is 5. The number of aromatic nitrogens is 1. The molecule has 5 rings (SSSR count). The predicted molar refractivity (Wildman–Crippen MR) is 155 cm³/mol. The van der Waals surface area contributed by atoms with Crippen molar-refractivity contribution in [3.63, 3.8) is 0 Å². The minimum absolute atomic E-state index is 0.0657. The second-order valence-electron chi connectivity index (χ2n) is 10.1. The summed E-state index contributed by atoms with van der Waals surface area (Å²) in [6.45, 7) is 1.04. The molecule has 0 spiro atoms. The second-order valence-corrected chi connectivity index (χ2v) is 11.2. The number of likely N-dealkylation sites (tertiary alicyclic amines) is 1. The lowest BCUT2D eigenvalue weighted by Crippen LogP contribution is -2.39. The Hall–Kier alpha value is -4.31. The molecule has 0 aliphatic carbocycles. The average molecular weight is 592 g/mol. The summed E-state index contributed by atoms with van der Waals surface area (Å²) >= 11 is 1.19. The molecule has 2 amide bonds. The van der Waals surface area contributed by atoms with Crippen molar-refractivity contribution in [3.8, 4) is 5.75 Å². The third kappa shape index (κ3) is 7.30. The summed E-state index contributed by atoms with van der Waals surface area (Å²) in [6, 6.07) is 22.7. The number of carbonyl (C=O) groups is 2. The van der Waals surface area contributed by atoms with E-state index in [-0.39, 0.29) is 28.2 Å². The molecule has 42 heavy (non-hydrogen) atoms. The van der Waals surface area contributed by atoms with E-state index in [0.717, 1.165) is 41.9 Å². The van der Waals surface area contributed by atoms with Gasteiger partial charge in [-0.15, -0.1) is 0 Å². The van der Waals surface area contributed by atoms with Gasteiger partial charge >= 0.3 is 6.18 Å². The summed E-state index contributed by atoms with van der Waals surface area (Å²) in [7, 11) is 0. The number of halogens is 3. The first-order chi connectivity index (χ1) is 20.2. The molecule has 0 bridgehead atoms. The monoisotopic (exact) mass is 591 g/mol. The molecule has 0 atom stereocenters. The van der Waals surface area contributed by atoms with E-state index in [2.05, 4.69) is 10.3 Å². The second kappa shape index (κ2) is 12.7. The number of hydrogen-bond donors (Lipinski definition) is 2. The van der Waals surface area contributed by atoms with Crippen LogP contribution in [0.4, 0.5) is 18.9 Å². The van der Waals surface area contributed by atoms with Gasteiger partial charge in [0.25, 0.3) is 11.8 Å². The standard InChI is InChI=1S/C32H28F3N3O3S/c33-32(34,35)24-11-14-36-29(19-24)42-26-8-4-5-22(18-26)17-21-12-15-38(16-13-21)31(41)27-20-25(39)9-10-28(27)37-30(40)23-6-2-1-3-7-23/h1-11,14,18-21,39H,12-13,15-17H2,(H,37,40). The van der Waals surface area contributed by atoms with Crippen LogP contribution >= 0.6 is 11.8 Å². The average Bonchev–Trinajstić information content (AvgIpc) is 2.98. The number of phenolic OH excluding ortho intramolecular Hbond substituents is 1. The number of piperidine rings is 1. The van der Waals surface area contributed by atoms with E-state index in [1.807, 2.05) is 30.3 Å². The van der Waals surface area contributed by atoms with Crippen LogP contribution in [0.5, 0.6) is 5.75 Å². The van der Waals surface area contributed by atoms with Crippen molar-refractivity contribution in [2.45, 2.75) is 35.4 Å². The molecule has 6 nitrogen and oxygen atoms in total. The van der Waals surface area contributed by atoms with E-state index in [9.17, 15) is 27.9 Å². The van der Waals surface area contributed by atoms with Gasteiger partial charge in [0.15, 0.2) is 0 Å². The van der Waals surface area contributed by atoms with E-state index in [0.29, 0.717) is 30.3 Å². The summed E-state index contributed by atoms with van der Waals surface area (Å²) in [5.41, 5.74) is 1.35. The number of alkyl halides is 3. The Morgan fingerprint density at radius 1 is 0.952 bits per heavy atom.